The van der Waals surface area contributed by atoms with E-state index >= 15 is 0 Å². The molecule has 0 spiro atoms. The van der Waals surface area contributed by atoms with E-state index < -0.39 is 12.1 Å². The van der Waals surface area contributed by atoms with Gasteiger partial charge in [-0.15, -0.1) is 0 Å². The van der Waals surface area contributed by atoms with E-state index in [1.165, 1.54) is 0 Å². The van der Waals surface area contributed by atoms with Gasteiger partial charge in [0, 0.05) is 19.5 Å². The molecule has 0 unspecified atom stereocenters. The first-order chi connectivity index (χ1) is 8.01. The maximum absolute atomic E-state index is 10.6. The first kappa shape index (κ1) is 15.8. The number of hydroxylamine groups is 2. The summed E-state index contributed by atoms with van der Waals surface area (Å²) in [5.74, 6) is -0.555. The monoisotopic (exact) mass is 248 g/mol. The summed E-state index contributed by atoms with van der Waals surface area (Å²) in [6, 6.07) is 0. The maximum atomic E-state index is 10.6. The van der Waals surface area contributed by atoms with Gasteiger partial charge in [-0.2, -0.15) is 0 Å². The number of aliphatic hydroxyl groups is 1. The van der Waals surface area contributed by atoms with Crippen LogP contribution in [0.15, 0.2) is 0 Å². The summed E-state index contributed by atoms with van der Waals surface area (Å²) in [7, 11) is 0. The van der Waals surface area contributed by atoms with Gasteiger partial charge in [-0.1, -0.05) is 0 Å². The number of ether oxygens (including phenoxy) is 1. The summed E-state index contributed by atoms with van der Waals surface area (Å²) in [6.07, 6.45) is 0.537. The van der Waals surface area contributed by atoms with Crippen LogP contribution in [0.5, 0.6) is 0 Å². The van der Waals surface area contributed by atoms with Crippen molar-refractivity contribution in [3.63, 3.8) is 0 Å². The number of carbonyl (C=O) groups is 2. The summed E-state index contributed by atoms with van der Waals surface area (Å²) >= 11 is 0. The summed E-state index contributed by atoms with van der Waals surface area (Å²) in [6.45, 7) is 2.67. The fourth-order valence-electron chi connectivity index (χ4n) is 1.13. The smallest absolute Gasteiger partial charge is 0.308 e. The second-order valence-corrected chi connectivity index (χ2v) is 3.52. The largest absolute Gasteiger partial charge is 0.466 e. The van der Waals surface area contributed by atoms with Crippen molar-refractivity contribution in [2.75, 3.05) is 19.7 Å². The average molecular weight is 248 g/mol. The Morgan fingerprint density at radius 1 is 1.65 bits per heavy atom. The average Bonchev–Trinajstić information content (AvgIpc) is 2.64. The van der Waals surface area contributed by atoms with Crippen LogP contribution in [0, 0.1) is 0 Å². The predicted octanol–water partition coefficient (Wildman–Crippen LogP) is -0.743. The van der Waals surface area contributed by atoms with E-state index in [0.29, 0.717) is 19.6 Å². The molecule has 7 nitrogen and oxygen atoms in total. The lowest BCUT2D eigenvalue weighted by Gasteiger charge is -2.05. The SMILES string of the molecule is CCOC(=O)C[C@@H](O)CN.O=C1CCCN1O. The molecule has 1 saturated heterocycles. The lowest BCUT2D eigenvalue weighted by Crippen LogP contribution is -2.23. The highest BCUT2D eigenvalue weighted by Gasteiger charge is 2.16. The van der Waals surface area contributed by atoms with E-state index in [2.05, 4.69) is 4.74 Å². The van der Waals surface area contributed by atoms with Crippen molar-refractivity contribution in [3.05, 3.63) is 0 Å². The highest BCUT2D eigenvalue weighted by Crippen LogP contribution is 2.04. The van der Waals surface area contributed by atoms with Crippen molar-refractivity contribution in [2.24, 2.45) is 5.73 Å². The molecular formula is C10H20N2O5. The topological polar surface area (TPSA) is 113 Å². The van der Waals surface area contributed by atoms with Crippen molar-refractivity contribution in [3.8, 4) is 0 Å². The highest BCUT2D eigenvalue weighted by molar-refractivity contribution is 5.76. The standard InChI is InChI=1S/C6H13NO3.C4H7NO2/c1-2-10-6(9)3-5(8)4-7;6-4-2-1-3-5(4)7/h5,8H,2-4,7H2,1H3;7H,1-3H2/t5-;/m1./s1. The summed E-state index contributed by atoms with van der Waals surface area (Å²) in [5, 5.41) is 18.1. The number of rotatable bonds is 4. The van der Waals surface area contributed by atoms with Gasteiger partial charge in [0.25, 0.3) is 0 Å². The molecule has 7 heteroatoms. The molecular weight excluding hydrogens is 228 g/mol. The molecule has 0 aliphatic carbocycles. The fourth-order valence-corrected chi connectivity index (χ4v) is 1.13. The molecule has 0 saturated carbocycles. The molecule has 1 aliphatic heterocycles. The molecule has 17 heavy (non-hydrogen) atoms. The Kier molecular flexibility index (Phi) is 8.29. The molecule has 0 aromatic heterocycles. The molecule has 0 bridgehead atoms. The number of nitrogens with zero attached hydrogens (tertiary/aromatic N) is 1. The summed E-state index contributed by atoms with van der Waals surface area (Å²) in [4.78, 5) is 20.8. The molecule has 0 aromatic rings. The Morgan fingerprint density at radius 2 is 2.29 bits per heavy atom. The lowest BCUT2D eigenvalue weighted by molar-refractivity contribution is -0.157. The zero-order valence-electron chi connectivity index (χ0n) is 9.96. The van der Waals surface area contributed by atoms with Crippen LogP contribution in [0.1, 0.15) is 26.2 Å². The number of esters is 1. The first-order valence-corrected chi connectivity index (χ1v) is 5.54. The number of hydrogen-bond donors (Lipinski definition) is 3. The molecule has 100 valence electrons. The quantitative estimate of drug-likeness (QED) is 0.446. The van der Waals surface area contributed by atoms with E-state index in [1.54, 1.807) is 6.92 Å². The Labute approximate surface area is 100 Å². The normalized spacial score (nSPS) is 16.2. The zero-order chi connectivity index (χ0) is 13.3. The first-order valence-electron chi connectivity index (χ1n) is 5.54. The molecule has 1 rings (SSSR count). The predicted molar refractivity (Wildman–Crippen MR) is 59.0 cm³/mol. The molecule has 4 N–H and O–H groups in total. The van der Waals surface area contributed by atoms with E-state index in [-0.39, 0.29) is 18.9 Å². The minimum absolute atomic E-state index is 0.00958. The van der Waals surface area contributed by atoms with Gasteiger partial charge in [-0.25, -0.2) is 5.06 Å². The molecule has 1 fully saturated rings. The van der Waals surface area contributed by atoms with E-state index in [9.17, 15) is 9.59 Å². The number of aliphatic hydroxyl groups excluding tert-OH is 1. The van der Waals surface area contributed by atoms with Crippen LogP contribution in [-0.2, 0) is 14.3 Å². The third kappa shape index (κ3) is 7.67. The number of amides is 1. The zero-order valence-corrected chi connectivity index (χ0v) is 9.96. The van der Waals surface area contributed by atoms with Gasteiger partial charge < -0.3 is 15.6 Å². The minimum atomic E-state index is -0.765. The fraction of sp³-hybridized carbons (Fsp3) is 0.800. The van der Waals surface area contributed by atoms with Crippen molar-refractivity contribution >= 4 is 11.9 Å². The maximum Gasteiger partial charge on any atom is 0.308 e. The van der Waals surface area contributed by atoms with Crippen LogP contribution < -0.4 is 5.73 Å². The minimum Gasteiger partial charge on any atom is -0.466 e. The Morgan fingerprint density at radius 3 is 2.59 bits per heavy atom. The highest BCUT2D eigenvalue weighted by atomic mass is 16.5. The van der Waals surface area contributed by atoms with Gasteiger partial charge in [-0.05, 0) is 13.3 Å². The molecule has 1 atom stereocenters. The van der Waals surface area contributed by atoms with E-state index in [4.69, 9.17) is 16.0 Å². The van der Waals surface area contributed by atoms with Crippen molar-refractivity contribution in [1.29, 1.82) is 0 Å². The van der Waals surface area contributed by atoms with Crippen LogP contribution in [0.3, 0.4) is 0 Å². The van der Waals surface area contributed by atoms with Crippen molar-refractivity contribution in [2.45, 2.75) is 32.3 Å². The van der Waals surface area contributed by atoms with Gasteiger partial charge >= 0.3 is 5.97 Å². The number of carbonyl (C=O) groups excluding carboxylic acids is 2. The Bertz CT molecular complexity index is 247. The van der Waals surface area contributed by atoms with Crippen molar-refractivity contribution < 1.29 is 24.6 Å². The van der Waals surface area contributed by atoms with Crippen molar-refractivity contribution in [1.82, 2.24) is 5.06 Å². The molecule has 0 aromatic carbocycles. The number of hydrogen-bond acceptors (Lipinski definition) is 6. The van der Waals surface area contributed by atoms with Gasteiger partial charge in [0.05, 0.1) is 19.1 Å². The Hall–Kier alpha value is -1.18. The van der Waals surface area contributed by atoms with Crippen LogP contribution in [-0.4, -0.2) is 53.1 Å². The van der Waals surface area contributed by atoms with E-state index in [0.717, 1.165) is 11.5 Å². The van der Waals surface area contributed by atoms with Crippen LogP contribution in [0.2, 0.25) is 0 Å². The summed E-state index contributed by atoms with van der Waals surface area (Å²) in [5.41, 5.74) is 5.06. The third-order valence-electron chi connectivity index (χ3n) is 2.03. The summed E-state index contributed by atoms with van der Waals surface area (Å²) < 4.78 is 4.56. The molecule has 1 heterocycles. The Balaban J connectivity index is 0.000000318. The van der Waals surface area contributed by atoms with Crippen LogP contribution >= 0.6 is 0 Å². The third-order valence-corrected chi connectivity index (χ3v) is 2.03. The van der Waals surface area contributed by atoms with Gasteiger partial charge in [-0.3, -0.25) is 14.8 Å². The molecule has 0 radical (unpaired) electrons. The lowest BCUT2D eigenvalue weighted by atomic mass is 10.2. The second kappa shape index (κ2) is 8.91. The molecule has 1 aliphatic rings. The molecule has 1 amide bonds. The van der Waals surface area contributed by atoms with Crippen LogP contribution in [0.25, 0.3) is 0 Å². The van der Waals surface area contributed by atoms with Crippen LogP contribution in [0.4, 0.5) is 0 Å². The van der Waals surface area contributed by atoms with Gasteiger partial charge in [0.1, 0.15) is 0 Å². The second-order valence-electron chi connectivity index (χ2n) is 3.52. The number of nitrogens with two attached hydrogens (primary N) is 1. The van der Waals surface area contributed by atoms with E-state index in [1.807, 2.05) is 0 Å². The van der Waals surface area contributed by atoms with Gasteiger partial charge in [0.15, 0.2) is 0 Å². The van der Waals surface area contributed by atoms with Gasteiger partial charge in [0.2, 0.25) is 5.91 Å².